The number of rotatable bonds is 8. The van der Waals surface area contributed by atoms with Crippen LogP contribution in [0.2, 0.25) is 0 Å². The highest BCUT2D eigenvalue weighted by molar-refractivity contribution is 5.97. The van der Waals surface area contributed by atoms with Crippen molar-refractivity contribution in [1.29, 1.82) is 0 Å². The first kappa shape index (κ1) is 15.4. The van der Waals surface area contributed by atoms with Gasteiger partial charge in [0, 0.05) is 23.4 Å². The van der Waals surface area contributed by atoms with Crippen molar-refractivity contribution in [2.75, 3.05) is 0 Å². The van der Waals surface area contributed by atoms with E-state index >= 15 is 0 Å². The van der Waals surface area contributed by atoms with E-state index in [1.165, 1.54) is 0 Å². The summed E-state index contributed by atoms with van der Waals surface area (Å²) in [5, 5.41) is 0. The van der Waals surface area contributed by atoms with E-state index in [2.05, 4.69) is 11.9 Å². The monoisotopic (exact) mass is 281 g/mol. The first-order valence-corrected chi connectivity index (χ1v) is 7.80. The molecule has 1 aromatic heterocycles. The molecule has 2 nitrogen and oxygen atoms in total. The molecule has 110 valence electrons. The lowest BCUT2D eigenvalue weighted by atomic mass is 9.88. The Morgan fingerprint density at radius 2 is 1.81 bits per heavy atom. The average Bonchev–Trinajstić information content (AvgIpc) is 2.56. The summed E-state index contributed by atoms with van der Waals surface area (Å²) in [5.74, 6) is 0.384. The molecule has 2 heteroatoms. The van der Waals surface area contributed by atoms with Crippen LogP contribution in [-0.2, 0) is 6.42 Å². The lowest BCUT2D eigenvalue weighted by Crippen LogP contribution is -2.16. The first-order valence-electron chi connectivity index (χ1n) is 7.80. The van der Waals surface area contributed by atoms with Gasteiger partial charge in [-0.3, -0.25) is 9.78 Å². The summed E-state index contributed by atoms with van der Waals surface area (Å²) < 4.78 is 0. The summed E-state index contributed by atoms with van der Waals surface area (Å²) in [4.78, 5) is 17.0. The maximum atomic E-state index is 12.7. The van der Waals surface area contributed by atoms with Crippen LogP contribution in [0.5, 0.6) is 0 Å². The summed E-state index contributed by atoms with van der Waals surface area (Å²) in [5.41, 5.74) is 1.90. The number of hydrogen-bond acceptors (Lipinski definition) is 2. The SMILES string of the molecule is CCCCC(CCc1ccccn1)C(=O)c1ccccc1. The van der Waals surface area contributed by atoms with Crippen molar-refractivity contribution in [3.05, 3.63) is 66.0 Å². The van der Waals surface area contributed by atoms with Crippen molar-refractivity contribution in [3.8, 4) is 0 Å². The summed E-state index contributed by atoms with van der Waals surface area (Å²) in [6.07, 6.45) is 6.76. The normalized spacial score (nSPS) is 12.0. The standard InChI is InChI=1S/C19H23NO/c1-2-3-9-17(13-14-18-12-7-8-15-20-18)19(21)16-10-5-4-6-11-16/h4-8,10-12,15,17H,2-3,9,13-14H2,1H3. The maximum absolute atomic E-state index is 12.7. The Balaban J connectivity index is 2.02. The quantitative estimate of drug-likeness (QED) is 0.656. The molecule has 2 aromatic rings. The van der Waals surface area contributed by atoms with E-state index in [9.17, 15) is 4.79 Å². The van der Waals surface area contributed by atoms with E-state index in [1.807, 2.05) is 54.7 Å². The van der Waals surface area contributed by atoms with Gasteiger partial charge in [-0.2, -0.15) is 0 Å². The number of ketones is 1. The van der Waals surface area contributed by atoms with Crippen LogP contribution in [0.4, 0.5) is 0 Å². The summed E-state index contributed by atoms with van der Waals surface area (Å²) in [6, 6.07) is 15.6. The smallest absolute Gasteiger partial charge is 0.165 e. The summed E-state index contributed by atoms with van der Waals surface area (Å²) in [7, 11) is 0. The molecular formula is C19H23NO. The van der Waals surface area contributed by atoms with Crippen molar-refractivity contribution in [3.63, 3.8) is 0 Å². The van der Waals surface area contributed by atoms with Crippen molar-refractivity contribution in [2.24, 2.45) is 5.92 Å². The van der Waals surface area contributed by atoms with Crippen LogP contribution in [0.15, 0.2) is 54.7 Å². The number of pyridine rings is 1. The van der Waals surface area contributed by atoms with Gasteiger partial charge in [0.1, 0.15) is 0 Å². The number of benzene rings is 1. The fourth-order valence-electron chi connectivity index (χ4n) is 2.56. The second kappa shape index (κ2) is 8.35. The van der Waals surface area contributed by atoms with Gasteiger partial charge in [0.05, 0.1) is 0 Å². The van der Waals surface area contributed by atoms with E-state index in [-0.39, 0.29) is 11.7 Å². The Kier molecular flexibility index (Phi) is 6.14. The molecule has 0 bridgehead atoms. The van der Waals surface area contributed by atoms with Crippen LogP contribution in [0.1, 0.15) is 48.7 Å². The van der Waals surface area contributed by atoms with Crippen LogP contribution in [-0.4, -0.2) is 10.8 Å². The Morgan fingerprint density at radius 3 is 2.48 bits per heavy atom. The van der Waals surface area contributed by atoms with Crippen LogP contribution in [0.25, 0.3) is 0 Å². The number of Topliss-reactive ketones (excluding diaryl/α,β-unsaturated/α-hetero) is 1. The van der Waals surface area contributed by atoms with Crippen molar-refractivity contribution in [1.82, 2.24) is 4.98 Å². The van der Waals surface area contributed by atoms with Gasteiger partial charge in [0.25, 0.3) is 0 Å². The first-order chi connectivity index (χ1) is 10.3. The zero-order valence-electron chi connectivity index (χ0n) is 12.7. The molecule has 0 N–H and O–H groups in total. The third-order valence-electron chi connectivity index (χ3n) is 3.81. The van der Waals surface area contributed by atoms with E-state index in [4.69, 9.17) is 0 Å². The molecule has 0 spiro atoms. The molecule has 2 rings (SSSR count). The summed E-state index contributed by atoms with van der Waals surface area (Å²) in [6.45, 7) is 2.17. The zero-order chi connectivity index (χ0) is 14.9. The molecular weight excluding hydrogens is 258 g/mol. The lowest BCUT2D eigenvalue weighted by molar-refractivity contribution is 0.0904. The number of aryl methyl sites for hydroxylation is 1. The number of nitrogens with zero attached hydrogens (tertiary/aromatic N) is 1. The van der Waals surface area contributed by atoms with Gasteiger partial charge in [0.15, 0.2) is 5.78 Å². The Hall–Kier alpha value is -1.96. The molecule has 0 saturated carbocycles. The van der Waals surface area contributed by atoms with Gasteiger partial charge in [-0.25, -0.2) is 0 Å². The molecule has 1 heterocycles. The van der Waals surface area contributed by atoms with Gasteiger partial charge in [-0.05, 0) is 31.4 Å². The average molecular weight is 281 g/mol. The van der Waals surface area contributed by atoms with Gasteiger partial charge < -0.3 is 0 Å². The van der Waals surface area contributed by atoms with Crippen LogP contribution >= 0.6 is 0 Å². The molecule has 0 aliphatic carbocycles. The predicted molar refractivity (Wildman–Crippen MR) is 86.3 cm³/mol. The highest BCUT2D eigenvalue weighted by Crippen LogP contribution is 2.20. The van der Waals surface area contributed by atoms with E-state index < -0.39 is 0 Å². The van der Waals surface area contributed by atoms with E-state index in [0.29, 0.717) is 0 Å². The van der Waals surface area contributed by atoms with Crippen molar-refractivity contribution in [2.45, 2.75) is 39.0 Å². The van der Waals surface area contributed by atoms with Gasteiger partial charge in [0.2, 0.25) is 0 Å². The Morgan fingerprint density at radius 1 is 1.05 bits per heavy atom. The maximum Gasteiger partial charge on any atom is 0.165 e. The largest absolute Gasteiger partial charge is 0.294 e. The number of unbranched alkanes of at least 4 members (excludes halogenated alkanes) is 1. The third-order valence-corrected chi connectivity index (χ3v) is 3.81. The lowest BCUT2D eigenvalue weighted by Gasteiger charge is -2.15. The van der Waals surface area contributed by atoms with E-state index in [1.54, 1.807) is 0 Å². The van der Waals surface area contributed by atoms with Gasteiger partial charge >= 0.3 is 0 Å². The highest BCUT2D eigenvalue weighted by Gasteiger charge is 2.19. The Bertz CT molecular complexity index is 536. The van der Waals surface area contributed by atoms with Gasteiger partial charge in [-0.15, -0.1) is 0 Å². The predicted octanol–water partition coefficient (Wildman–Crippen LogP) is 4.70. The minimum Gasteiger partial charge on any atom is -0.294 e. The van der Waals surface area contributed by atoms with Crippen LogP contribution in [0.3, 0.4) is 0 Å². The number of aromatic nitrogens is 1. The second-order valence-electron chi connectivity index (χ2n) is 5.43. The minimum absolute atomic E-state index is 0.106. The fraction of sp³-hybridized carbons (Fsp3) is 0.368. The van der Waals surface area contributed by atoms with E-state index in [0.717, 1.165) is 43.4 Å². The number of hydrogen-bond donors (Lipinski definition) is 0. The summed E-state index contributed by atoms with van der Waals surface area (Å²) >= 11 is 0. The van der Waals surface area contributed by atoms with Crippen LogP contribution < -0.4 is 0 Å². The molecule has 1 atom stereocenters. The number of carbonyl (C=O) groups excluding carboxylic acids is 1. The van der Waals surface area contributed by atoms with Crippen molar-refractivity contribution >= 4 is 5.78 Å². The number of carbonyl (C=O) groups is 1. The van der Waals surface area contributed by atoms with Crippen molar-refractivity contribution < 1.29 is 4.79 Å². The third kappa shape index (κ3) is 4.82. The fourth-order valence-corrected chi connectivity index (χ4v) is 2.56. The molecule has 21 heavy (non-hydrogen) atoms. The Labute approximate surface area is 127 Å². The molecule has 0 radical (unpaired) electrons. The zero-order valence-corrected chi connectivity index (χ0v) is 12.7. The molecule has 0 saturated heterocycles. The molecule has 0 fully saturated rings. The molecule has 0 aliphatic rings. The molecule has 0 aliphatic heterocycles. The topological polar surface area (TPSA) is 30.0 Å². The molecule has 1 unspecified atom stereocenters. The molecule has 1 aromatic carbocycles. The second-order valence-corrected chi connectivity index (χ2v) is 5.43. The van der Waals surface area contributed by atoms with Gasteiger partial charge in [-0.1, -0.05) is 56.2 Å². The molecule has 0 amide bonds. The minimum atomic E-state index is 0.106. The highest BCUT2D eigenvalue weighted by atomic mass is 16.1. The van der Waals surface area contributed by atoms with Crippen LogP contribution in [0, 0.1) is 5.92 Å².